The molecule has 1 saturated carbocycles. The minimum atomic E-state index is -0.436. The molecule has 1 aliphatic rings. The summed E-state index contributed by atoms with van der Waals surface area (Å²) in [5.41, 5.74) is 0. The summed E-state index contributed by atoms with van der Waals surface area (Å²) in [6, 6.07) is -0.436. The Labute approximate surface area is 147 Å². The van der Waals surface area contributed by atoms with Crippen LogP contribution in [0.2, 0.25) is 0 Å². The fourth-order valence-corrected chi connectivity index (χ4v) is 3.14. The molecule has 24 heavy (non-hydrogen) atoms. The van der Waals surface area contributed by atoms with Crippen LogP contribution in [0.15, 0.2) is 0 Å². The van der Waals surface area contributed by atoms with Gasteiger partial charge in [0, 0.05) is 25.7 Å². The highest BCUT2D eigenvalue weighted by Gasteiger charge is 2.30. The minimum Gasteiger partial charge on any atom is -0.382 e. The molecule has 5 heteroatoms. The van der Waals surface area contributed by atoms with Crippen molar-refractivity contribution in [2.45, 2.75) is 72.3 Å². The first-order chi connectivity index (χ1) is 11.5. The number of nitrogens with one attached hydrogen (secondary N) is 2. The second-order valence-electron chi connectivity index (χ2n) is 7.17. The van der Waals surface area contributed by atoms with Crippen LogP contribution in [0.4, 0.5) is 0 Å². The SMILES string of the molecule is CCOCCCNC(=O)[C@@H](NC(=O)C1CCC(C)CC1)[C@@H](C)CC. The van der Waals surface area contributed by atoms with Crippen LogP contribution in [-0.4, -0.2) is 37.6 Å². The van der Waals surface area contributed by atoms with Crippen LogP contribution in [0.1, 0.15) is 66.2 Å². The van der Waals surface area contributed by atoms with E-state index in [-0.39, 0.29) is 23.7 Å². The maximum absolute atomic E-state index is 12.5. The third-order valence-corrected chi connectivity index (χ3v) is 5.15. The van der Waals surface area contributed by atoms with E-state index < -0.39 is 6.04 Å². The standard InChI is InChI=1S/C19H36N2O3/c1-5-15(4)17(19(23)20-12-7-13-24-6-2)21-18(22)16-10-8-14(3)9-11-16/h14-17H,5-13H2,1-4H3,(H,20,23)(H,21,22)/t14?,15-,16?,17-/m0/s1. The zero-order chi connectivity index (χ0) is 17.9. The first-order valence-electron chi connectivity index (χ1n) is 9.65. The highest BCUT2D eigenvalue weighted by atomic mass is 16.5. The van der Waals surface area contributed by atoms with Crippen LogP contribution in [0.3, 0.4) is 0 Å². The van der Waals surface area contributed by atoms with Gasteiger partial charge in [0.15, 0.2) is 0 Å². The normalized spacial score (nSPS) is 23.3. The van der Waals surface area contributed by atoms with Gasteiger partial charge in [-0.05, 0) is 50.9 Å². The van der Waals surface area contributed by atoms with Crippen molar-refractivity contribution in [3.05, 3.63) is 0 Å². The van der Waals surface area contributed by atoms with Gasteiger partial charge >= 0.3 is 0 Å². The van der Waals surface area contributed by atoms with Gasteiger partial charge < -0.3 is 15.4 Å². The second-order valence-corrected chi connectivity index (χ2v) is 7.17. The van der Waals surface area contributed by atoms with E-state index in [4.69, 9.17) is 4.74 Å². The van der Waals surface area contributed by atoms with Crippen molar-refractivity contribution >= 4 is 11.8 Å². The molecule has 0 aromatic carbocycles. The fourth-order valence-electron chi connectivity index (χ4n) is 3.14. The van der Waals surface area contributed by atoms with Crippen molar-refractivity contribution in [3.8, 4) is 0 Å². The molecule has 0 saturated heterocycles. The monoisotopic (exact) mass is 340 g/mol. The lowest BCUT2D eigenvalue weighted by atomic mass is 9.82. The zero-order valence-corrected chi connectivity index (χ0v) is 15.9. The van der Waals surface area contributed by atoms with Gasteiger partial charge in [-0.25, -0.2) is 0 Å². The summed E-state index contributed by atoms with van der Waals surface area (Å²) < 4.78 is 5.28. The summed E-state index contributed by atoms with van der Waals surface area (Å²) in [5.74, 6) is 0.893. The van der Waals surface area contributed by atoms with Crippen molar-refractivity contribution < 1.29 is 14.3 Å². The summed E-state index contributed by atoms with van der Waals surface area (Å²) in [5, 5.41) is 5.96. The predicted octanol–water partition coefficient (Wildman–Crippen LogP) is 2.89. The van der Waals surface area contributed by atoms with Crippen LogP contribution in [0.5, 0.6) is 0 Å². The number of rotatable bonds is 10. The van der Waals surface area contributed by atoms with Crippen LogP contribution in [0, 0.1) is 17.8 Å². The summed E-state index contributed by atoms with van der Waals surface area (Å²) >= 11 is 0. The quantitative estimate of drug-likeness (QED) is 0.601. The van der Waals surface area contributed by atoms with Gasteiger partial charge in [-0.1, -0.05) is 27.2 Å². The molecule has 0 aliphatic heterocycles. The molecule has 2 atom stereocenters. The maximum Gasteiger partial charge on any atom is 0.242 e. The van der Waals surface area contributed by atoms with Crippen LogP contribution >= 0.6 is 0 Å². The zero-order valence-electron chi connectivity index (χ0n) is 15.9. The Bertz CT molecular complexity index is 379. The Morgan fingerprint density at radius 2 is 1.83 bits per heavy atom. The van der Waals surface area contributed by atoms with Gasteiger partial charge in [-0.3, -0.25) is 9.59 Å². The largest absolute Gasteiger partial charge is 0.382 e. The molecular weight excluding hydrogens is 304 g/mol. The smallest absolute Gasteiger partial charge is 0.242 e. The lowest BCUT2D eigenvalue weighted by molar-refractivity contribution is -0.133. The van der Waals surface area contributed by atoms with Gasteiger partial charge in [0.2, 0.25) is 11.8 Å². The molecule has 5 nitrogen and oxygen atoms in total. The summed E-state index contributed by atoms with van der Waals surface area (Å²) in [6.45, 7) is 10.2. The average Bonchev–Trinajstić information content (AvgIpc) is 2.59. The third-order valence-electron chi connectivity index (χ3n) is 5.15. The van der Waals surface area contributed by atoms with Crippen molar-refractivity contribution in [1.82, 2.24) is 10.6 Å². The Balaban J connectivity index is 2.48. The Morgan fingerprint density at radius 1 is 1.17 bits per heavy atom. The molecule has 140 valence electrons. The number of ether oxygens (including phenoxy) is 1. The number of carbonyl (C=O) groups excluding carboxylic acids is 2. The molecule has 1 fully saturated rings. The van der Waals surface area contributed by atoms with Crippen molar-refractivity contribution in [3.63, 3.8) is 0 Å². The topological polar surface area (TPSA) is 67.4 Å². The summed E-state index contributed by atoms with van der Waals surface area (Å²) in [6.07, 6.45) is 5.75. The Hall–Kier alpha value is -1.10. The molecule has 0 bridgehead atoms. The molecule has 0 aromatic rings. The van der Waals surface area contributed by atoms with E-state index >= 15 is 0 Å². The predicted molar refractivity (Wildman–Crippen MR) is 96.6 cm³/mol. The van der Waals surface area contributed by atoms with E-state index in [0.717, 1.165) is 38.5 Å². The van der Waals surface area contributed by atoms with Gasteiger partial charge in [0.05, 0.1) is 0 Å². The van der Waals surface area contributed by atoms with E-state index in [1.807, 2.05) is 13.8 Å². The van der Waals surface area contributed by atoms with Gasteiger partial charge in [0.25, 0.3) is 0 Å². The molecule has 2 amide bonds. The lowest BCUT2D eigenvalue weighted by Crippen LogP contribution is -2.52. The highest BCUT2D eigenvalue weighted by molar-refractivity contribution is 5.88. The van der Waals surface area contributed by atoms with Crippen LogP contribution < -0.4 is 10.6 Å². The van der Waals surface area contributed by atoms with Gasteiger partial charge in [-0.15, -0.1) is 0 Å². The lowest BCUT2D eigenvalue weighted by Gasteiger charge is -2.29. The molecule has 1 aliphatic carbocycles. The molecule has 0 spiro atoms. The maximum atomic E-state index is 12.5. The molecule has 0 aromatic heterocycles. The van der Waals surface area contributed by atoms with Gasteiger partial charge in [0.1, 0.15) is 6.04 Å². The van der Waals surface area contributed by atoms with E-state index in [2.05, 4.69) is 24.5 Å². The fraction of sp³-hybridized carbons (Fsp3) is 0.895. The molecule has 2 N–H and O–H groups in total. The van der Waals surface area contributed by atoms with E-state index in [1.54, 1.807) is 0 Å². The van der Waals surface area contributed by atoms with Crippen molar-refractivity contribution in [2.75, 3.05) is 19.8 Å². The van der Waals surface area contributed by atoms with E-state index in [9.17, 15) is 9.59 Å². The second kappa shape index (κ2) is 11.5. The molecule has 0 radical (unpaired) electrons. The summed E-state index contributed by atoms with van der Waals surface area (Å²) in [7, 11) is 0. The Kier molecular flexibility index (Phi) is 9.99. The molecular formula is C19H36N2O3. The molecule has 1 rings (SSSR count). The first kappa shape index (κ1) is 20.9. The first-order valence-corrected chi connectivity index (χ1v) is 9.65. The Morgan fingerprint density at radius 3 is 2.42 bits per heavy atom. The molecule has 0 heterocycles. The van der Waals surface area contributed by atoms with Gasteiger partial charge in [-0.2, -0.15) is 0 Å². The number of carbonyl (C=O) groups is 2. The number of hydrogen-bond acceptors (Lipinski definition) is 3. The van der Waals surface area contributed by atoms with Crippen LogP contribution in [0.25, 0.3) is 0 Å². The van der Waals surface area contributed by atoms with Crippen molar-refractivity contribution in [2.24, 2.45) is 17.8 Å². The van der Waals surface area contributed by atoms with Crippen molar-refractivity contribution in [1.29, 1.82) is 0 Å². The van der Waals surface area contributed by atoms with E-state index in [0.29, 0.717) is 25.7 Å². The van der Waals surface area contributed by atoms with Crippen LogP contribution in [-0.2, 0) is 14.3 Å². The molecule has 0 unspecified atom stereocenters. The number of hydrogen-bond donors (Lipinski definition) is 2. The minimum absolute atomic E-state index is 0.0525. The number of amides is 2. The van der Waals surface area contributed by atoms with E-state index in [1.165, 1.54) is 0 Å². The third kappa shape index (κ3) is 7.20. The summed E-state index contributed by atoms with van der Waals surface area (Å²) in [4.78, 5) is 25.0. The average molecular weight is 341 g/mol. The highest BCUT2D eigenvalue weighted by Crippen LogP contribution is 2.28.